The molecule has 0 amide bonds. The van der Waals surface area contributed by atoms with E-state index in [1.165, 1.54) is 17.7 Å². The van der Waals surface area contributed by atoms with Crippen LogP contribution in [0.2, 0.25) is 0 Å². The Morgan fingerprint density at radius 3 is 3.33 bits per heavy atom. The zero-order valence-corrected chi connectivity index (χ0v) is 5.76. The predicted octanol–water partition coefficient (Wildman–Crippen LogP) is 0.368. The summed E-state index contributed by atoms with van der Waals surface area (Å²) >= 11 is 1.51. The quantitative estimate of drug-likeness (QED) is 0.337. The van der Waals surface area contributed by atoms with Gasteiger partial charge in [0.1, 0.15) is 0 Å². The second kappa shape index (κ2) is 3.24. The summed E-state index contributed by atoms with van der Waals surface area (Å²) in [6.45, 7) is 0. The third kappa shape index (κ3) is 1.85. The minimum absolute atomic E-state index is 0.696. The van der Waals surface area contributed by atoms with E-state index in [1.54, 1.807) is 13.6 Å². The van der Waals surface area contributed by atoms with Crippen LogP contribution in [0.4, 0.5) is 5.82 Å². The summed E-state index contributed by atoms with van der Waals surface area (Å²) in [7, 11) is 1.55. The SMILES string of the molecule is BOC=Nc1cscn1. The molecule has 3 nitrogen and oxygen atoms in total. The van der Waals surface area contributed by atoms with Gasteiger partial charge in [0, 0.05) is 5.38 Å². The summed E-state index contributed by atoms with van der Waals surface area (Å²) in [6.07, 6.45) is 1.36. The third-order valence-electron chi connectivity index (χ3n) is 0.710. The van der Waals surface area contributed by atoms with Crippen molar-refractivity contribution in [2.45, 2.75) is 0 Å². The number of hydrogen-bond acceptors (Lipinski definition) is 4. The summed E-state index contributed by atoms with van der Waals surface area (Å²) in [5, 5.41) is 1.84. The molecular formula is C4H5BN2OS. The van der Waals surface area contributed by atoms with E-state index < -0.39 is 0 Å². The predicted molar refractivity (Wildman–Crippen MR) is 39.9 cm³/mol. The van der Waals surface area contributed by atoms with Gasteiger partial charge < -0.3 is 4.65 Å². The van der Waals surface area contributed by atoms with Crippen molar-refractivity contribution in [3.63, 3.8) is 0 Å². The van der Waals surface area contributed by atoms with E-state index >= 15 is 0 Å². The maximum atomic E-state index is 4.59. The average Bonchev–Trinajstić information content (AvgIpc) is 2.34. The molecule has 0 aliphatic heterocycles. The molecule has 1 aromatic rings. The zero-order valence-electron chi connectivity index (χ0n) is 4.94. The summed E-state index contributed by atoms with van der Waals surface area (Å²) in [6, 6.07) is 0. The van der Waals surface area contributed by atoms with Gasteiger partial charge in [-0.15, -0.1) is 11.3 Å². The summed E-state index contributed by atoms with van der Waals surface area (Å²) < 4.78 is 4.59. The lowest BCUT2D eigenvalue weighted by Crippen LogP contribution is -1.76. The number of aliphatic imine (C=N–C) groups is 1. The van der Waals surface area contributed by atoms with E-state index in [0.717, 1.165) is 0 Å². The van der Waals surface area contributed by atoms with Crippen LogP contribution in [0.25, 0.3) is 0 Å². The first-order valence-electron chi connectivity index (χ1n) is 2.37. The van der Waals surface area contributed by atoms with Crippen LogP contribution < -0.4 is 0 Å². The van der Waals surface area contributed by atoms with E-state index in [2.05, 4.69) is 14.6 Å². The van der Waals surface area contributed by atoms with Gasteiger partial charge in [-0.05, 0) is 0 Å². The lowest BCUT2D eigenvalue weighted by atomic mass is 10.6. The molecule has 0 aliphatic carbocycles. The maximum Gasteiger partial charge on any atom is 0.323 e. The van der Waals surface area contributed by atoms with Crippen LogP contribution >= 0.6 is 11.3 Å². The fourth-order valence-electron chi connectivity index (χ4n) is 0.377. The van der Waals surface area contributed by atoms with Crippen molar-refractivity contribution in [2.75, 3.05) is 0 Å². The van der Waals surface area contributed by atoms with E-state index in [0.29, 0.717) is 5.82 Å². The van der Waals surface area contributed by atoms with Crippen molar-refractivity contribution in [3.8, 4) is 0 Å². The van der Waals surface area contributed by atoms with Crippen LogP contribution in [0.15, 0.2) is 15.9 Å². The van der Waals surface area contributed by atoms with Gasteiger partial charge in [-0.3, -0.25) is 0 Å². The van der Waals surface area contributed by atoms with Crippen molar-refractivity contribution < 1.29 is 4.65 Å². The fraction of sp³-hybridized carbons (Fsp3) is 0. The topological polar surface area (TPSA) is 34.5 Å². The molecule has 46 valence electrons. The standard InChI is InChI=1S/C4H5BN2OS/c5-8-2-6-4-1-9-3-7-4/h1-3H,5H2. The Bertz CT molecular complexity index is 186. The molecule has 0 bridgehead atoms. The molecule has 0 radical (unpaired) electrons. The summed E-state index contributed by atoms with van der Waals surface area (Å²) in [4.78, 5) is 7.73. The molecule has 0 aliphatic rings. The van der Waals surface area contributed by atoms with E-state index in [9.17, 15) is 0 Å². The highest BCUT2D eigenvalue weighted by Gasteiger charge is 1.84. The molecule has 0 fully saturated rings. The van der Waals surface area contributed by atoms with Gasteiger partial charge in [0.05, 0.1) is 5.51 Å². The van der Waals surface area contributed by atoms with Crippen LogP contribution in [-0.4, -0.2) is 19.4 Å². The van der Waals surface area contributed by atoms with Crippen LogP contribution in [0.3, 0.4) is 0 Å². The highest BCUT2D eigenvalue weighted by molar-refractivity contribution is 7.07. The molecule has 0 saturated heterocycles. The maximum absolute atomic E-state index is 4.59. The Labute approximate surface area is 57.9 Å². The fourth-order valence-corrected chi connectivity index (χ4v) is 0.850. The normalized spacial score (nSPS) is 10.2. The Balaban J connectivity index is 2.57. The van der Waals surface area contributed by atoms with E-state index in [-0.39, 0.29) is 0 Å². The molecule has 0 aromatic carbocycles. The molecule has 1 aromatic heterocycles. The monoisotopic (exact) mass is 140 g/mol. The molecule has 0 atom stereocenters. The van der Waals surface area contributed by atoms with Crippen LogP contribution in [0, 0.1) is 0 Å². The highest BCUT2D eigenvalue weighted by Crippen LogP contribution is 2.09. The minimum atomic E-state index is 0.696. The zero-order chi connectivity index (χ0) is 6.53. The van der Waals surface area contributed by atoms with E-state index in [1.807, 2.05) is 5.38 Å². The van der Waals surface area contributed by atoms with Gasteiger partial charge in [0.25, 0.3) is 0 Å². The van der Waals surface area contributed by atoms with Gasteiger partial charge in [-0.25, -0.2) is 9.98 Å². The first-order chi connectivity index (χ1) is 4.43. The molecule has 1 heterocycles. The Morgan fingerprint density at radius 1 is 1.89 bits per heavy atom. The first kappa shape index (κ1) is 6.29. The van der Waals surface area contributed by atoms with Crippen LogP contribution in [0.5, 0.6) is 0 Å². The number of nitrogens with zero attached hydrogens (tertiary/aromatic N) is 2. The number of rotatable bonds is 2. The lowest BCUT2D eigenvalue weighted by Gasteiger charge is -1.82. The highest BCUT2D eigenvalue weighted by atomic mass is 32.1. The molecule has 0 N–H and O–H groups in total. The lowest BCUT2D eigenvalue weighted by molar-refractivity contribution is 0.641. The minimum Gasteiger partial charge on any atom is -0.560 e. The summed E-state index contributed by atoms with van der Waals surface area (Å²) in [5.74, 6) is 0.696. The molecular weight excluding hydrogens is 135 g/mol. The summed E-state index contributed by atoms with van der Waals surface area (Å²) in [5.41, 5.74) is 1.72. The van der Waals surface area contributed by atoms with E-state index in [4.69, 9.17) is 0 Å². The molecule has 1 rings (SSSR count). The Hall–Kier alpha value is -0.835. The average molecular weight is 140 g/mol. The molecule has 5 heteroatoms. The van der Waals surface area contributed by atoms with Crippen molar-refractivity contribution >= 4 is 31.6 Å². The van der Waals surface area contributed by atoms with Gasteiger partial charge >= 0.3 is 8.05 Å². The Morgan fingerprint density at radius 2 is 2.78 bits per heavy atom. The second-order valence-electron chi connectivity index (χ2n) is 1.32. The van der Waals surface area contributed by atoms with Gasteiger partial charge in [0.15, 0.2) is 12.2 Å². The van der Waals surface area contributed by atoms with Crippen molar-refractivity contribution in [3.05, 3.63) is 10.9 Å². The number of aromatic nitrogens is 1. The number of hydrogen-bond donors (Lipinski definition) is 0. The van der Waals surface area contributed by atoms with Crippen LogP contribution in [0.1, 0.15) is 0 Å². The third-order valence-corrected chi connectivity index (χ3v) is 1.28. The Kier molecular flexibility index (Phi) is 2.26. The molecule has 0 unspecified atom stereocenters. The molecule has 0 saturated carbocycles. The smallest absolute Gasteiger partial charge is 0.323 e. The first-order valence-corrected chi connectivity index (χ1v) is 3.31. The molecule has 9 heavy (non-hydrogen) atoms. The largest absolute Gasteiger partial charge is 0.560 e. The van der Waals surface area contributed by atoms with Crippen molar-refractivity contribution in [1.82, 2.24) is 4.98 Å². The van der Waals surface area contributed by atoms with Crippen LogP contribution in [-0.2, 0) is 4.65 Å². The molecule has 0 spiro atoms. The van der Waals surface area contributed by atoms with Gasteiger partial charge in [-0.1, -0.05) is 0 Å². The van der Waals surface area contributed by atoms with Gasteiger partial charge in [-0.2, -0.15) is 0 Å². The second-order valence-corrected chi connectivity index (χ2v) is 2.04. The number of thiazole rings is 1. The van der Waals surface area contributed by atoms with Gasteiger partial charge in [0.2, 0.25) is 0 Å². The van der Waals surface area contributed by atoms with Crippen molar-refractivity contribution in [1.29, 1.82) is 0 Å². The van der Waals surface area contributed by atoms with Crippen molar-refractivity contribution in [2.24, 2.45) is 4.99 Å².